The molecule has 0 radical (unpaired) electrons. The highest BCUT2D eigenvalue weighted by Gasteiger charge is 2.30. The summed E-state index contributed by atoms with van der Waals surface area (Å²) in [5.41, 5.74) is 0.306. The fraction of sp³-hybridized carbons (Fsp3) is 0.208. The molecule has 0 spiro atoms. The maximum atomic E-state index is 14.7. The lowest BCUT2D eigenvalue weighted by Crippen LogP contribution is -2.38. The first-order chi connectivity index (χ1) is 16.3. The molecule has 0 bridgehead atoms. The summed E-state index contributed by atoms with van der Waals surface area (Å²) >= 11 is 1.54. The molecule has 34 heavy (non-hydrogen) atoms. The van der Waals surface area contributed by atoms with Crippen molar-refractivity contribution in [2.75, 3.05) is 36.1 Å². The monoisotopic (exact) mass is 504 g/mol. The number of thioether (sulfide) groups is 1. The van der Waals surface area contributed by atoms with Crippen LogP contribution in [-0.4, -0.2) is 40.8 Å². The summed E-state index contributed by atoms with van der Waals surface area (Å²) in [6.07, 6.45) is 0. The van der Waals surface area contributed by atoms with Gasteiger partial charge in [-0.1, -0.05) is 31.2 Å². The van der Waals surface area contributed by atoms with Crippen LogP contribution in [0.2, 0.25) is 0 Å². The van der Waals surface area contributed by atoms with Crippen molar-refractivity contribution in [1.29, 1.82) is 0 Å². The van der Waals surface area contributed by atoms with Gasteiger partial charge < -0.3 is 14.8 Å². The summed E-state index contributed by atoms with van der Waals surface area (Å²) in [6, 6.07) is 16.6. The van der Waals surface area contributed by atoms with Crippen molar-refractivity contribution in [2.45, 2.75) is 16.7 Å². The number of nitrogens with zero attached hydrogens (tertiary/aromatic N) is 1. The molecule has 1 N–H and O–H groups in total. The number of sulfonamides is 1. The van der Waals surface area contributed by atoms with Gasteiger partial charge in [-0.3, -0.25) is 9.10 Å². The molecule has 0 aliphatic heterocycles. The summed E-state index contributed by atoms with van der Waals surface area (Å²) in [7, 11) is -1.55. The van der Waals surface area contributed by atoms with Gasteiger partial charge in [-0.25, -0.2) is 12.8 Å². The molecule has 180 valence electrons. The second-order valence-electron chi connectivity index (χ2n) is 6.96. The molecule has 0 aliphatic rings. The maximum Gasteiger partial charge on any atom is 0.265 e. The Morgan fingerprint density at radius 1 is 1.00 bits per heavy atom. The van der Waals surface area contributed by atoms with Crippen molar-refractivity contribution in [3.63, 3.8) is 0 Å². The van der Waals surface area contributed by atoms with E-state index in [9.17, 15) is 17.6 Å². The van der Waals surface area contributed by atoms with Crippen LogP contribution in [0, 0.1) is 5.82 Å². The van der Waals surface area contributed by atoms with Crippen LogP contribution >= 0.6 is 11.8 Å². The first-order valence-electron chi connectivity index (χ1n) is 10.3. The molecule has 0 heterocycles. The topological polar surface area (TPSA) is 84.9 Å². The van der Waals surface area contributed by atoms with E-state index >= 15 is 0 Å². The number of ether oxygens (including phenoxy) is 2. The number of para-hydroxylation sites is 2. The fourth-order valence-corrected chi connectivity index (χ4v) is 5.43. The summed E-state index contributed by atoms with van der Waals surface area (Å²) in [5, 5.41) is 2.75. The minimum absolute atomic E-state index is 0.178. The molecule has 0 aliphatic carbocycles. The highest BCUT2D eigenvalue weighted by Crippen LogP contribution is 2.33. The molecular formula is C24H25FN2O5S2. The molecule has 3 rings (SSSR count). The van der Waals surface area contributed by atoms with Gasteiger partial charge in [0.2, 0.25) is 5.91 Å². The van der Waals surface area contributed by atoms with Crippen molar-refractivity contribution < 1.29 is 27.1 Å². The normalized spacial score (nSPS) is 11.1. The standard InChI is InChI=1S/C24H25FN2O5S2/c1-4-33-23-12-8-6-10-19(23)26-24(28)16-27(20-11-7-5-9-18(20)25)34(29,30)17-13-14-21(31-2)22(15-17)32-3/h5-15H,4,16H2,1-3H3,(H,26,28). The lowest BCUT2D eigenvalue weighted by molar-refractivity contribution is -0.114. The number of nitrogens with one attached hydrogen (secondary N) is 1. The first kappa shape index (κ1) is 25.4. The number of hydrogen-bond acceptors (Lipinski definition) is 6. The van der Waals surface area contributed by atoms with E-state index in [-0.39, 0.29) is 16.3 Å². The van der Waals surface area contributed by atoms with Crippen molar-refractivity contribution in [3.05, 3.63) is 72.5 Å². The highest BCUT2D eigenvalue weighted by atomic mass is 32.2. The number of amides is 1. The van der Waals surface area contributed by atoms with Crippen LogP contribution in [0.4, 0.5) is 15.8 Å². The Labute approximate surface area is 202 Å². The molecule has 0 atom stereocenters. The molecule has 0 unspecified atom stereocenters. The number of rotatable bonds is 10. The van der Waals surface area contributed by atoms with E-state index in [0.29, 0.717) is 11.4 Å². The van der Waals surface area contributed by atoms with Gasteiger partial charge in [-0.05, 0) is 42.2 Å². The third-order valence-electron chi connectivity index (χ3n) is 4.81. The zero-order chi connectivity index (χ0) is 24.7. The largest absolute Gasteiger partial charge is 0.493 e. The number of carbonyl (C=O) groups excluding carboxylic acids is 1. The van der Waals surface area contributed by atoms with Crippen LogP contribution in [0.1, 0.15) is 6.92 Å². The second-order valence-corrected chi connectivity index (χ2v) is 10.1. The fourth-order valence-electron chi connectivity index (χ4n) is 3.23. The van der Waals surface area contributed by atoms with Gasteiger partial charge >= 0.3 is 0 Å². The van der Waals surface area contributed by atoms with E-state index in [1.54, 1.807) is 12.1 Å². The van der Waals surface area contributed by atoms with Crippen LogP contribution in [0.3, 0.4) is 0 Å². The molecule has 3 aromatic rings. The van der Waals surface area contributed by atoms with Gasteiger partial charge in [-0.15, -0.1) is 11.8 Å². The van der Waals surface area contributed by atoms with E-state index in [2.05, 4.69) is 5.32 Å². The lowest BCUT2D eigenvalue weighted by Gasteiger charge is -2.25. The average Bonchev–Trinajstić information content (AvgIpc) is 2.84. The van der Waals surface area contributed by atoms with Gasteiger partial charge in [0.15, 0.2) is 11.5 Å². The molecule has 0 saturated carbocycles. The van der Waals surface area contributed by atoms with Crippen LogP contribution < -0.4 is 19.1 Å². The SMILES string of the molecule is CCSc1ccccc1NC(=O)CN(c1ccccc1F)S(=O)(=O)c1ccc(OC)c(OC)c1. The van der Waals surface area contributed by atoms with Gasteiger partial charge in [0, 0.05) is 11.0 Å². The van der Waals surface area contributed by atoms with Crippen molar-refractivity contribution in [1.82, 2.24) is 0 Å². The quantitative estimate of drug-likeness (QED) is 0.400. The molecule has 10 heteroatoms. The molecule has 1 amide bonds. The third kappa shape index (κ3) is 5.63. The van der Waals surface area contributed by atoms with Crippen LogP contribution in [-0.2, 0) is 14.8 Å². The van der Waals surface area contributed by atoms with Gasteiger partial charge in [-0.2, -0.15) is 0 Å². The molecule has 0 aromatic heterocycles. The highest BCUT2D eigenvalue weighted by molar-refractivity contribution is 7.99. The molecule has 0 saturated heterocycles. The average molecular weight is 505 g/mol. The number of methoxy groups -OCH3 is 2. The van der Waals surface area contributed by atoms with E-state index in [1.165, 1.54) is 62.4 Å². The third-order valence-corrected chi connectivity index (χ3v) is 7.52. The predicted molar refractivity (Wildman–Crippen MR) is 132 cm³/mol. The lowest BCUT2D eigenvalue weighted by atomic mass is 10.3. The Hall–Kier alpha value is -3.24. The van der Waals surface area contributed by atoms with E-state index in [0.717, 1.165) is 21.0 Å². The maximum absolute atomic E-state index is 14.7. The summed E-state index contributed by atoms with van der Waals surface area (Å²) in [6.45, 7) is 1.35. The van der Waals surface area contributed by atoms with Crippen LogP contribution in [0.25, 0.3) is 0 Å². The number of carbonyl (C=O) groups is 1. The zero-order valence-electron chi connectivity index (χ0n) is 18.9. The molecule has 0 fully saturated rings. The number of halogens is 1. The van der Waals surface area contributed by atoms with Gasteiger partial charge in [0.05, 0.1) is 30.5 Å². The Balaban J connectivity index is 2.00. The predicted octanol–water partition coefficient (Wildman–Crippen LogP) is 4.79. The molecule has 3 aromatic carbocycles. The Morgan fingerprint density at radius 2 is 1.68 bits per heavy atom. The van der Waals surface area contributed by atoms with E-state index in [4.69, 9.17) is 9.47 Å². The number of hydrogen-bond donors (Lipinski definition) is 1. The summed E-state index contributed by atoms with van der Waals surface area (Å²) in [5.74, 6) is -0.0755. The Morgan fingerprint density at radius 3 is 2.35 bits per heavy atom. The first-order valence-corrected chi connectivity index (χ1v) is 12.7. The molecule has 7 nitrogen and oxygen atoms in total. The van der Waals surface area contributed by atoms with Crippen molar-refractivity contribution in [2.24, 2.45) is 0 Å². The van der Waals surface area contributed by atoms with Gasteiger partial charge in [0.1, 0.15) is 12.4 Å². The van der Waals surface area contributed by atoms with Crippen molar-refractivity contribution in [3.8, 4) is 11.5 Å². The smallest absolute Gasteiger partial charge is 0.265 e. The van der Waals surface area contributed by atoms with Crippen LogP contribution in [0.5, 0.6) is 11.5 Å². The number of anilines is 2. The van der Waals surface area contributed by atoms with Crippen LogP contribution in [0.15, 0.2) is 76.5 Å². The summed E-state index contributed by atoms with van der Waals surface area (Å²) < 4.78 is 53.0. The van der Waals surface area contributed by atoms with Gasteiger partial charge in [0.25, 0.3) is 10.0 Å². The summed E-state index contributed by atoms with van der Waals surface area (Å²) in [4.78, 5) is 13.6. The van der Waals surface area contributed by atoms with Crippen molar-refractivity contribution >= 4 is 39.1 Å². The Kier molecular flexibility index (Phi) is 8.41. The number of benzene rings is 3. The zero-order valence-corrected chi connectivity index (χ0v) is 20.6. The Bertz CT molecular complexity index is 1270. The minimum Gasteiger partial charge on any atom is -0.493 e. The second kappa shape index (κ2) is 11.3. The minimum atomic E-state index is -4.35. The molecular weight excluding hydrogens is 479 g/mol. The van der Waals surface area contributed by atoms with E-state index < -0.39 is 28.3 Å². The van der Waals surface area contributed by atoms with E-state index in [1.807, 2.05) is 19.1 Å².